The van der Waals surface area contributed by atoms with Crippen LogP contribution in [0.5, 0.6) is 0 Å². The molecule has 0 spiro atoms. The van der Waals surface area contributed by atoms with Gasteiger partial charge in [0.25, 0.3) is 0 Å². The van der Waals surface area contributed by atoms with Gasteiger partial charge in [-0.15, -0.1) is 0 Å². The molecular formula is C44H41N3. The zero-order chi connectivity index (χ0) is 32.4. The van der Waals surface area contributed by atoms with Gasteiger partial charge in [-0.1, -0.05) is 147 Å². The second-order valence-electron chi connectivity index (χ2n) is 12.9. The first-order valence-corrected chi connectivity index (χ1v) is 16.4. The van der Waals surface area contributed by atoms with Crippen LogP contribution in [0, 0.1) is 0 Å². The number of allylic oxidation sites excluding steroid dienone is 1. The molecule has 0 aromatic heterocycles. The van der Waals surface area contributed by atoms with Gasteiger partial charge in [-0.25, -0.2) is 0 Å². The second-order valence-corrected chi connectivity index (χ2v) is 12.9. The summed E-state index contributed by atoms with van der Waals surface area (Å²) in [6, 6.07) is 47.7. The molecule has 0 heterocycles. The monoisotopic (exact) mass is 611 g/mol. The number of benzene rings is 6. The molecule has 3 heteroatoms. The predicted molar refractivity (Wildman–Crippen MR) is 200 cm³/mol. The van der Waals surface area contributed by atoms with Crippen molar-refractivity contribution < 1.29 is 0 Å². The lowest BCUT2D eigenvalue weighted by Crippen LogP contribution is -2.28. The van der Waals surface area contributed by atoms with Crippen LogP contribution in [0.1, 0.15) is 53.4 Å². The van der Waals surface area contributed by atoms with Crippen molar-refractivity contribution in [2.45, 2.75) is 31.8 Å². The van der Waals surface area contributed by atoms with E-state index in [0.29, 0.717) is 6.54 Å². The van der Waals surface area contributed by atoms with Crippen molar-refractivity contribution in [1.29, 1.82) is 0 Å². The highest BCUT2D eigenvalue weighted by Gasteiger charge is 2.37. The zero-order valence-electron chi connectivity index (χ0n) is 27.1. The van der Waals surface area contributed by atoms with E-state index in [9.17, 15) is 0 Å². The lowest BCUT2D eigenvalue weighted by molar-refractivity contribution is 0.659. The Morgan fingerprint density at radius 1 is 0.723 bits per heavy atom. The summed E-state index contributed by atoms with van der Waals surface area (Å²) in [6.07, 6.45) is 6.76. The van der Waals surface area contributed by atoms with Crippen LogP contribution in [-0.2, 0) is 11.8 Å². The summed E-state index contributed by atoms with van der Waals surface area (Å²) < 4.78 is 0. The van der Waals surface area contributed by atoms with Gasteiger partial charge in [0.1, 0.15) is 6.17 Å². The van der Waals surface area contributed by atoms with Gasteiger partial charge in [0.2, 0.25) is 0 Å². The molecule has 6 aromatic rings. The molecule has 47 heavy (non-hydrogen) atoms. The van der Waals surface area contributed by atoms with Crippen LogP contribution in [0.2, 0.25) is 0 Å². The Hall–Kier alpha value is -5.22. The second kappa shape index (κ2) is 12.9. The van der Waals surface area contributed by atoms with Crippen LogP contribution in [0.15, 0.2) is 146 Å². The fourth-order valence-corrected chi connectivity index (χ4v) is 7.06. The van der Waals surface area contributed by atoms with Gasteiger partial charge in [-0.05, 0) is 85.5 Å². The molecule has 232 valence electrons. The van der Waals surface area contributed by atoms with E-state index < -0.39 is 0 Å². The maximum Gasteiger partial charge on any atom is 0.101 e. The minimum Gasteiger partial charge on any atom is -0.366 e. The van der Waals surface area contributed by atoms with Crippen molar-refractivity contribution in [2.24, 2.45) is 11.5 Å². The van der Waals surface area contributed by atoms with Crippen LogP contribution in [-0.4, -0.2) is 6.54 Å². The van der Waals surface area contributed by atoms with Gasteiger partial charge in [-0.2, -0.15) is 0 Å². The fourth-order valence-electron chi connectivity index (χ4n) is 7.06. The Kier molecular flexibility index (Phi) is 8.34. The standard InChI is InChI=1S/C44H41N3/c1-44(2)39-23-11-22-37(42(39)38-28-33-18-6-7-19-34(33)29-40(38)44)41(47-43(46)32-16-4-3-5-17-32)25-24-31-15-8-9-21-36(31)35-20-10-13-30(27-35)14-12-26-45/h3-23,25,27-29,43,47H,24,26,45-46H2,1-2H3/b14-12-,41-25-. The quantitative estimate of drug-likeness (QED) is 0.143. The van der Waals surface area contributed by atoms with E-state index in [-0.39, 0.29) is 11.6 Å². The predicted octanol–water partition coefficient (Wildman–Crippen LogP) is 9.62. The van der Waals surface area contributed by atoms with E-state index in [0.717, 1.165) is 23.2 Å². The molecule has 1 unspecified atom stereocenters. The summed E-state index contributed by atoms with van der Waals surface area (Å²) in [7, 11) is 0. The number of fused-ring (bicyclic) bond motifs is 4. The van der Waals surface area contributed by atoms with Crippen LogP contribution < -0.4 is 16.8 Å². The van der Waals surface area contributed by atoms with Crippen LogP contribution in [0.4, 0.5) is 0 Å². The molecule has 0 bridgehead atoms. The SMILES string of the molecule is CC1(C)c2cc3ccccc3cc2-c2c(/C(=C/Cc3ccccc3-c3cccc(/C=C\CN)c3)NC(N)c3ccccc3)cccc21. The molecule has 6 aromatic carbocycles. The highest BCUT2D eigenvalue weighted by Crippen LogP contribution is 2.52. The Balaban J connectivity index is 1.35. The smallest absolute Gasteiger partial charge is 0.101 e. The van der Waals surface area contributed by atoms with Crippen molar-refractivity contribution in [2.75, 3.05) is 6.54 Å². The highest BCUT2D eigenvalue weighted by atomic mass is 15.0. The Labute approximate surface area is 278 Å². The summed E-state index contributed by atoms with van der Waals surface area (Å²) in [4.78, 5) is 0. The van der Waals surface area contributed by atoms with Crippen LogP contribution >= 0.6 is 0 Å². The molecule has 0 saturated heterocycles. The summed E-state index contributed by atoms with van der Waals surface area (Å²) in [5, 5.41) is 6.28. The third kappa shape index (κ3) is 5.92. The average molecular weight is 612 g/mol. The molecule has 3 nitrogen and oxygen atoms in total. The molecule has 0 amide bonds. The number of nitrogens with two attached hydrogens (primary N) is 2. The summed E-state index contributed by atoms with van der Waals surface area (Å²) >= 11 is 0. The topological polar surface area (TPSA) is 64.1 Å². The van der Waals surface area contributed by atoms with Crippen LogP contribution in [0.3, 0.4) is 0 Å². The normalized spacial score (nSPS) is 14.3. The fraction of sp³-hybridized carbons (Fsp3) is 0.136. The lowest BCUT2D eigenvalue weighted by Gasteiger charge is -2.23. The van der Waals surface area contributed by atoms with Crippen molar-refractivity contribution in [3.63, 3.8) is 0 Å². The molecule has 0 fully saturated rings. The lowest BCUT2D eigenvalue weighted by atomic mass is 9.81. The molecule has 1 aliphatic rings. The maximum absolute atomic E-state index is 6.88. The van der Waals surface area contributed by atoms with Gasteiger partial charge in [0, 0.05) is 23.2 Å². The number of rotatable bonds is 9. The minimum atomic E-state index is -0.370. The molecule has 0 aliphatic heterocycles. The van der Waals surface area contributed by atoms with Gasteiger partial charge in [0.05, 0.1) is 0 Å². The molecule has 0 saturated carbocycles. The van der Waals surface area contributed by atoms with Gasteiger partial charge in [0.15, 0.2) is 0 Å². The van der Waals surface area contributed by atoms with Crippen molar-refractivity contribution in [3.05, 3.63) is 179 Å². The van der Waals surface area contributed by atoms with Crippen LogP contribution in [0.25, 0.3) is 44.8 Å². The van der Waals surface area contributed by atoms with E-state index in [1.165, 1.54) is 55.3 Å². The summed E-state index contributed by atoms with van der Waals surface area (Å²) in [6.45, 7) is 5.21. The largest absolute Gasteiger partial charge is 0.366 e. The summed E-state index contributed by atoms with van der Waals surface area (Å²) in [5.41, 5.74) is 25.8. The third-order valence-electron chi connectivity index (χ3n) is 9.51. The Morgan fingerprint density at radius 2 is 1.45 bits per heavy atom. The summed E-state index contributed by atoms with van der Waals surface area (Å²) in [5.74, 6) is 0. The zero-order valence-corrected chi connectivity index (χ0v) is 27.1. The van der Waals surface area contributed by atoms with E-state index in [1.54, 1.807) is 0 Å². The van der Waals surface area contributed by atoms with Gasteiger partial charge < -0.3 is 16.8 Å². The molecular weight excluding hydrogens is 571 g/mol. The molecule has 5 N–H and O–H groups in total. The minimum absolute atomic E-state index is 0.132. The Morgan fingerprint density at radius 3 is 2.26 bits per heavy atom. The first-order valence-electron chi connectivity index (χ1n) is 16.4. The van der Waals surface area contributed by atoms with E-state index >= 15 is 0 Å². The van der Waals surface area contributed by atoms with E-state index in [2.05, 4.69) is 147 Å². The van der Waals surface area contributed by atoms with E-state index in [1.807, 2.05) is 24.3 Å². The van der Waals surface area contributed by atoms with Gasteiger partial charge >= 0.3 is 0 Å². The number of hydrogen-bond acceptors (Lipinski definition) is 3. The number of nitrogens with one attached hydrogen (secondary N) is 1. The maximum atomic E-state index is 6.88. The molecule has 0 radical (unpaired) electrons. The molecule has 7 rings (SSSR count). The third-order valence-corrected chi connectivity index (χ3v) is 9.51. The Bertz CT molecular complexity index is 2120. The first kappa shape index (κ1) is 30.4. The molecule has 1 aliphatic carbocycles. The van der Waals surface area contributed by atoms with Gasteiger partial charge in [-0.3, -0.25) is 0 Å². The molecule has 1 atom stereocenters. The van der Waals surface area contributed by atoms with Crippen molar-refractivity contribution in [3.8, 4) is 22.3 Å². The first-order chi connectivity index (χ1) is 22.9. The van der Waals surface area contributed by atoms with E-state index in [4.69, 9.17) is 11.5 Å². The highest BCUT2D eigenvalue weighted by molar-refractivity contribution is 5.97. The van der Waals surface area contributed by atoms with Crippen molar-refractivity contribution in [1.82, 2.24) is 5.32 Å². The number of hydrogen-bond donors (Lipinski definition) is 3. The van der Waals surface area contributed by atoms with Crippen molar-refractivity contribution >= 4 is 22.5 Å². The average Bonchev–Trinajstić information content (AvgIpc) is 3.34.